The van der Waals surface area contributed by atoms with Crippen LogP contribution in [0.25, 0.3) is 0 Å². The number of halogens is 4. The van der Waals surface area contributed by atoms with Gasteiger partial charge in [0.05, 0.1) is 5.38 Å². The molecule has 0 aromatic rings. The van der Waals surface area contributed by atoms with Gasteiger partial charge >= 0.3 is 0 Å². The summed E-state index contributed by atoms with van der Waals surface area (Å²) in [6.07, 6.45) is 2.48. The van der Waals surface area contributed by atoms with Crippen molar-refractivity contribution in [2.75, 3.05) is 0 Å². The van der Waals surface area contributed by atoms with E-state index in [0.29, 0.717) is 12.0 Å². The number of nitrogens with zero attached hydrogens (tertiary/aromatic N) is 1. The summed E-state index contributed by atoms with van der Waals surface area (Å²) in [7, 11) is 0. The van der Waals surface area contributed by atoms with Crippen molar-refractivity contribution in [2.45, 2.75) is 29.6 Å². The fraction of sp³-hybridized carbons (Fsp3) is 0.714. The third-order valence-corrected chi connectivity index (χ3v) is 3.94. The van der Waals surface area contributed by atoms with E-state index < -0.39 is 5.00 Å². The minimum Gasteiger partial charge on any atom is -0.118 e. The topological polar surface area (TPSA) is 3.24 Å². The Labute approximate surface area is 92.4 Å². The molecule has 0 aliphatic heterocycles. The maximum absolute atomic E-state index is 6.13. The van der Waals surface area contributed by atoms with Crippen molar-refractivity contribution in [2.24, 2.45) is 0 Å². The standard InChI is InChI=1S/C7H9Cl4N/c1-5-6(8)3-2-4-7(5,9)12(10)11/h6H,1-4H2. The summed E-state index contributed by atoms with van der Waals surface area (Å²) in [6.45, 7) is 3.80. The molecular weight excluding hydrogens is 240 g/mol. The van der Waals surface area contributed by atoms with Crippen LogP contribution in [0.2, 0.25) is 0 Å². The van der Waals surface area contributed by atoms with Crippen molar-refractivity contribution >= 4 is 46.8 Å². The Morgan fingerprint density at radius 1 is 1.50 bits per heavy atom. The molecule has 5 heteroatoms. The Bertz CT molecular complexity index is 194. The molecule has 0 aromatic carbocycles. The van der Waals surface area contributed by atoms with Crippen molar-refractivity contribution in [1.82, 2.24) is 3.94 Å². The summed E-state index contributed by atoms with van der Waals surface area (Å²) in [6, 6.07) is 0. The molecule has 0 radical (unpaired) electrons. The maximum Gasteiger partial charge on any atom is 0.148 e. The van der Waals surface area contributed by atoms with Crippen LogP contribution in [0.15, 0.2) is 12.2 Å². The van der Waals surface area contributed by atoms with Crippen LogP contribution in [0.4, 0.5) is 0 Å². The first-order chi connectivity index (χ1) is 5.48. The lowest BCUT2D eigenvalue weighted by molar-refractivity contribution is 0.388. The molecule has 12 heavy (non-hydrogen) atoms. The molecule has 0 bridgehead atoms. The van der Waals surface area contributed by atoms with Gasteiger partial charge in [-0.1, -0.05) is 18.2 Å². The van der Waals surface area contributed by atoms with E-state index in [-0.39, 0.29) is 5.38 Å². The summed E-state index contributed by atoms with van der Waals surface area (Å²) in [5.74, 6) is 0. The number of hydrogen-bond acceptors (Lipinski definition) is 1. The van der Waals surface area contributed by atoms with E-state index >= 15 is 0 Å². The van der Waals surface area contributed by atoms with E-state index in [1.807, 2.05) is 0 Å². The van der Waals surface area contributed by atoms with Crippen LogP contribution in [0.3, 0.4) is 0 Å². The second-order valence-electron chi connectivity index (χ2n) is 2.88. The summed E-state index contributed by atoms with van der Waals surface area (Å²) < 4.78 is 0.936. The monoisotopic (exact) mass is 247 g/mol. The van der Waals surface area contributed by atoms with Gasteiger partial charge in [-0.2, -0.15) is 0 Å². The average molecular weight is 249 g/mol. The van der Waals surface area contributed by atoms with E-state index in [0.717, 1.165) is 16.8 Å². The SMILES string of the molecule is C=C1C(Cl)CCCC1(Cl)N(Cl)Cl. The maximum atomic E-state index is 6.13. The van der Waals surface area contributed by atoms with Crippen LogP contribution >= 0.6 is 46.8 Å². The molecule has 1 saturated carbocycles. The van der Waals surface area contributed by atoms with Gasteiger partial charge in [0.2, 0.25) is 0 Å². The molecule has 0 saturated heterocycles. The first kappa shape index (κ1) is 10.9. The summed E-state index contributed by atoms with van der Waals surface area (Å²) in [4.78, 5) is -0.881. The normalized spacial score (nSPS) is 37.4. The summed E-state index contributed by atoms with van der Waals surface area (Å²) in [5, 5.41) is -0.128. The highest BCUT2D eigenvalue weighted by Gasteiger charge is 2.42. The second-order valence-corrected chi connectivity index (χ2v) is 4.88. The van der Waals surface area contributed by atoms with Crippen LogP contribution in [-0.4, -0.2) is 14.3 Å². The van der Waals surface area contributed by atoms with E-state index in [1.54, 1.807) is 0 Å². The highest BCUT2D eigenvalue weighted by molar-refractivity contribution is 6.41. The Morgan fingerprint density at radius 2 is 2.08 bits per heavy atom. The second kappa shape index (κ2) is 3.93. The molecule has 1 aliphatic rings. The van der Waals surface area contributed by atoms with Gasteiger partial charge in [0.1, 0.15) is 5.00 Å². The van der Waals surface area contributed by atoms with E-state index in [2.05, 4.69) is 6.58 Å². The van der Waals surface area contributed by atoms with E-state index in [1.165, 1.54) is 0 Å². The van der Waals surface area contributed by atoms with E-state index in [9.17, 15) is 0 Å². The fourth-order valence-electron chi connectivity index (χ4n) is 1.28. The predicted octanol–water partition coefficient (Wildman–Crippen LogP) is 3.88. The van der Waals surface area contributed by atoms with Gasteiger partial charge in [-0.25, -0.2) is 0 Å². The average Bonchev–Trinajstić information content (AvgIpc) is 2.00. The molecule has 0 aromatic heterocycles. The molecule has 0 amide bonds. The molecule has 2 unspecified atom stereocenters. The molecule has 70 valence electrons. The van der Waals surface area contributed by atoms with Crippen molar-refractivity contribution in [1.29, 1.82) is 0 Å². The van der Waals surface area contributed by atoms with Gasteiger partial charge in [-0.05, 0) is 48.4 Å². The predicted molar refractivity (Wildman–Crippen MR) is 54.8 cm³/mol. The minimum atomic E-state index is -0.881. The zero-order chi connectivity index (χ0) is 9.35. The molecule has 0 spiro atoms. The highest BCUT2D eigenvalue weighted by Crippen LogP contribution is 2.44. The van der Waals surface area contributed by atoms with Crippen LogP contribution in [0.5, 0.6) is 0 Å². The van der Waals surface area contributed by atoms with Crippen LogP contribution in [0, 0.1) is 0 Å². The Hall–Kier alpha value is 0.860. The first-order valence-electron chi connectivity index (χ1n) is 3.62. The van der Waals surface area contributed by atoms with Gasteiger partial charge < -0.3 is 0 Å². The number of hydrogen-bond donors (Lipinski definition) is 0. The van der Waals surface area contributed by atoms with Crippen molar-refractivity contribution in [3.63, 3.8) is 0 Å². The number of alkyl halides is 2. The zero-order valence-electron chi connectivity index (χ0n) is 6.36. The third kappa shape index (κ3) is 1.85. The van der Waals surface area contributed by atoms with Crippen molar-refractivity contribution in [3.8, 4) is 0 Å². The first-order valence-corrected chi connectivity index (χ1v) is 5.11. The zero-order valence-corrected chi connectivity index (χ0v) is 9.39. The molecule has 0 N–H and O–H groups in total. The molecular formula is C7H9Cl4N. The number of rotatable bonds is 1. The summed E-state index contributed by atoms with van der Waals surface area (Å²) in [5.41, 5.74) is 0.682. The lowest BCUT2D eigenvalue weighted by Crippen LogP contribution is -2.40. The lowest BCUT2D eigenvalue weighted by atomic mass is 9.91. The smallest absolute Gasteiger partial charge is 0.118 e. The fourth-order valence-corrected chi connectivity index (χ4v) is 2.33. The molecule has 1 rings (SSSR count). The molecule has 2 atom stereocenters. The van der Waals surface area contributed by atoms with Gasteiger partial charge in [0.15, 0.2) is 0 Å². The van der Waals surface area contributed by atoms with Gasteiger partial charge in [0.25, 0.3) is 0 Å². The molecule has 1 nitrogen and oxygen atoms in total. The van der Waals surface area contributed by atoms with Crippen molar-refractivity contribution < 1.29 is 0 Å². The molecule has 0 heterocycles. The largest absolute Gasteiger partial charge is 0.148 e. The van der Waals surface area contributed by atoms with E-state index in [4.69, 9.17) is 46.8 Å². The summed E-state index contributed by atoms with van der Waals surface area (Å²) >= 11 is 23.3. The Kier molecular flexibility index (Phi) is 3.58. The van der Waals surface area contributed by atoms with Gasteiger partial charge in [0, 0.05) is 0 Å². The lowest BCUT2D eigenvalue weighted by Gasteiger charge is -2.37. The minimum absolute atomic E-state index is 0.128. The Balaban J connectivity index is 2.81. The van der Waals surface area contributed by atoms with Crippen molar-refractivity contribution in [3.05, 3.63) is 12.2 Å². The quantitative estimate of drug-likeness (QED) is 0.295. The Morgan fingerprint density at radius 3 is 2.50 bits per heavy atom. The highest BCUT2D eigenvalue weighted by atomic mass is 35.5. The molecule has 1 aliphatic carbocycles. The van der Waals surface area contributed by atoms with Crippen LogP contribution in [0.1, 0.15) is 19.3 Å². The third-order valence-electron chi connectivity index (χ3n) is 2.10. The van der Waals surface area contributed by atoms with Gasteiger partial charge in [-0.15, -0.1) is 15.5 Å². The van der Waals surface area contributed by atoms with Crippen LogP contribution in [-0.2, 0) is 0 Å². The van der Waals surface area contributed by atoms with Gasteiger partial charge in [-0.3, -0.25) is 0 Å². The van der Waals surface area contributed by atoms with Crippen LogP contribution < -0.4 is 0 Å². The molecule has 1 fully saturated rings.